The van der Waals surface area contributed by atoms with E-state index in [9.17, 15) is 0 Å². The van der Waals surface area contributed by atoms with Gasteiger partial charge in [0.15, 0.2) is 0 Å². The van der Waals surface area contributed by atoms with Crippen molar-refractivity contribution in [3.05, 3.63) is 153 Å². The number of pyridine rings is 1. The van der Waals surface area contributed by atoms with Crippen molar-refractivity contribution in [3.8, 4) is 11.8 Å². The molecule has 46 heavy (non-hydrogen) atoms. The fraction of sp³-hybridized carbons (Fsp3) is 0.175. The molecule has 0 amide bonds. The van der Waals surface area contributed by atoms with Gasteiger partial charge in [-0.2, -0.15) is 0 Å². The first-order chi connectivity index (χ1) is 22.3. The lowest BCUT2D eigenvalue weighted by atomic mass is 9.94. The Morgan fingerprint density at radius 2 is 1.65 bits per heavy atom. The van der Waals surface area contributed by atoms with E-state index in [1.807, 2.05) is 49.4 Å². The third-order valence-electron chi connectivity index (χ3n) is 7.96. The molecule has 0 aliphatic carbocycles. The zero-order valence-corrected chi connectivity index (χ0v) is 27.2. The van der Waals surface area contributed by atoms with Gasteiger partial charge in [-0.15, -0.1) is 0 Å². The van der Waals surface area contributed by atoms with Crippen molar-refractivity contribution in [1.82, 2.24) is 15.6 Å². The molecule has 1 aromatic heterocycles. The number of nitrogens with zero attached hydrogens (tertiary/aromatic N) is 1. The van der Waals surface area contributed by atoms with E-state index in [0.29, 0.717) is 19.6 Å². The van der Waals surface area contributed by atoms with Gasteiger partial charge in [-0.1, -0.05) is 78.6 Å². The summed E-state index contributed by atoms with van der Waals surface area (Å²) in [5.74, 6) is 6.59. The predicted molar refractivity (Wildman–Crippen MR) is 195 cm³/mol. The van der Waals surface area contributed by atoms with Gasteiger partial charge in [-0.05, 0) is 96.6 Å². The smallest absolute Gasteiger partial charge is 0.0719 e. The van der Waals surface area contributed by atoms with Crippen molar-refractivity contribution in [2.75, 3.05) is 18.8 Å². The van der Waals surface area contributed by atoms with Gasteiger partial charge in [0.25, 0.3) is 0 Å². The first-order valence-electron chi connectivity index (χ1n) is 15.5. The van der Waals surface area contributed by atoms with Crippen LogP contribution in [0.1, 0.15) is 51.6 Å². The maximum absolute atomic E-state index is 6.19. The lowest BCUT2D eigenvalue weighted by molar-refractivity contribution is 0.753. The number of allylic oxidation sites excluding steroid dienone is 1. The summed E-state index contributed by atoms with van der Waals surface area (Å²) in [4.78, 5) is 5.11. The normalized spacial score (nSPS) is 11.3. The summed E-state index contributed by atoms with van der Waals surface area (Å²) in [7, 11) is 0. The number of nitrogen functional groups attached to an aromatic ring is 1. The van der Waals surface area contributed by atoms with Crippen molar-refractivity contribution in [1.29, 1.82) is 0 Å². The Kier molecular flexibility index (Phi) is 10.9. The van der Waals surface area contributed by atoms with E-state index in [4.69, 9.17) is 28.1 Å². The molecule has 0 fully saturated rings. The molecule has 0 bridgehead atoms. The van der Waals surface area contributed by atoms with Gasteiger partial charge < -0.3 is 22.1 Å². The van der Waals surface area contributed by atoms with Crippen LogP contribution in [-0.4, -0.2) is 18.1 Å². The zero-order chi connectivity index (χ0) is 32.5. The molecular formula is C40H40ClN5. The monoisotopic (exact) mass is 625 g/mol. The second kappa shape index (κ2) is 15.4. The first-order valence-corrected chi connectivity index (χ1v) is 15.9. The highest BCUT2D eigenvalue weighted by molar-refractivity contribution is 6.30. The quantitative estimate of drug-likeness (QED) is 0.0688. The molecule has 6 N–H and O–H groups in total. The number of aromatic nitrogens is 1. The van der Waals surface area contributed by atoms with Gasteiger partial charge in [0.1, 0.15) is 0 Å². The summed E-state index contributed by atoms with van der Waals surface area (Å²) in [5, 5.41) is 8.70. The summed E-state index contributed by atoms with van der Waals surface area (Å²) in [6.45, 7) is 11.2. The number of aryl methyl sites for hydroxylation is 1. The third kappa shape index (κ3) is 8.24. The molecule has 1 heterocycles. The molecule has 0 spiro atoms. The number of anilines is 1. The van der Waals surface area contributed by atoms with Gasteiger partial charge in [-0.25, -0.2) is 4.98 Å². The lowest BCUT2D eigenvalue weighted by Gasteiger charge is -2.17. The topological polar surface area (TPSA) is 89.0 Å². The van der Waals surface area contributed by atoms with Gasteiger partial charge in [0.2, 0.25) is 0 Å². The van der Waals surface area contributed by atoms with E-state index >= 15 is 0 Å². The summed E-state index contributed by atoms with van der Waals surface area (Å²) in [6, 6.07) is 30.5. The van der Waals surface area contributed by atoms with Crippen molar-refractivity contribution >= 4 is 39.5 Å². The lowest BCUT2D eigenvalue weighted by Crippen LogP contribution is -2.17. The number of hydrogen-bond acceptors (Lipinski definition) is 5. The van der Waals surface area contributed by atoms with Crippen LogP contribution in [0.5, 0.6) is 0 Å². The molecule has 232 valence electrons. The number of hydrogen-bond donors (Lipinski definition) is 4. The Hall–Kier alpha value is -4.86. The number of nitrogens with one attached hydrogen (secondary N) is 2. The SMILES string of the molecule is C=C(NCc1ccc(CN)cc1)c1cc(/C(=C/C)c2cc(N)ccc2C)nc2ccc(C#CCNCCc3ccc(Cl)cc3)cc12. The Labute approximate surface area is 277 Å². The first kappa shape index (κ1) is 32.5. The average Bonchev–Trinajstić information content (AvgIpc) is 3.07. The van der Waals surface area contributed by atoms with Crippen molar-refractivity contribution in [3.63, 3.8) is 0 Å². The molecule has 0 saturated heterocycles. The minimum Gasteiger partial charge on any atom is -0.399 e. The molecule has 0 aliphatic heterocycles. The van der Waals surface area contributed by atoms with Crippen molar-refractivity contribution in [2.24, 2.45) is 5.73 Å². The van der Waals surface area contributed by atoms with Gasteiger partial charge in [-0.3, -0.25) is 0 Å². The number of halogens is 1. The Morgan fingerprint density at radius 3 is 2.39 bits per heavy atom. The van der Waals surface area contributed by atoms with E-state index in [1.54, 1.807) is 0 Å². The van der Waals surface area contributed by atoms with Crippen molar-refractivity contribution in [2.45, 2.75) is 33.4 Å². The second-order valence-electron chi connectivity index (χ2n) is 11.3. The van der Waals surface area contributed by atoms with Gasteiger partial charge in [0, 0.05) is 58.1 Å². The standard InChI is InChI=1S/C40H40ClN5/c1-4-35(36-23-34(43)17-7-27(36)2)40-24-37(28(3)45-26-32-10-8-31(25-42)9-11-32)38-22-30(14-18-39(38)46-40)6-5-20-44-21-19-29-12-15-33(41)16-13-29/h4,7-18,22-24,44-45H,3,19-21,25-26,42-43H2,1-2H3/b35-4+. The molecule has 0 saturated carbocycles. The Morgan fingerprint density at radius 1 is 0.913 bits per heavy atom. The van der Waals surface area contributed by atoms with Crippen LogP contribution in [0.25, 0.3) is 22.2 Å². The summed E-state index contributed by atoms with van der Waals surface area (Å²) >= 11 is 5.99. The van der Waals surface area contributed by atoms with E-state index in [2.05, 4.69) is 90.6 Å². The third-order valence-corrected chi connectivity index (χ3v) is 8.22. The molecule has 6 heteroatoms. The van der Waals surface area contributed by atoms with Crippen LogP contribution in [0.4, 0.5) is 5.69 Å². The van der Waals surface area contributed by atoms with E-state index in [0.717, 1.165) is 84.9 Å². The Balaban J connectivity index is 1.41. The number of nitrogens with two attached hydrogens (primary N) is 2. The fourth-order valence-corrected chi connectivity index (χ4v) is 5.47. The molecule has 0 atom stereocenters. The zero-order valence-electron chi connectivity index (χ0n) is 26.5. The fourth-order valence-electron chi connectivity index (χ4n) is 5.34. The average molecular weight is 626 g/mol. The minimum absolute atomic E-state index is 0.525. The number of fused-ring (bicyclic) bond motifs is 1. The number of benzene rings is 4. The van der Waals surface area contributed by atoms with Crippen LogP contribution < -0.4 is 22.1 Å². The molecule has 5 rings (SSSR count). The molecule has 0 unspecified atom stereocenters. The molecule has 5 nitrogen and oxygen atoms in total. The summed E-state index contributed by atoms with van der Waals surface area (Å²) in [5.41, 5.74) is 23.8. The van der Waals surface area contributed by atoms with Crippen LogP contribution in [0.3, 0.4) is 0 Å². The molecule has 4 aromatic carbocycles. The van der Waals surface area contributed by atoms with Crippen LogP contribution in [0.15, 0.2) is 104 Å². The predicted octanol–water partition coefficient (Wildman–Crippen LogP) is 7.63. The highest BCUT2D eigenvalue weighted by Gasteiger charge is 2.15. The van der Waals surface area contributed by atoms with E-state index < -0.39 is 0 Å². The Bertz CT molecular complexity index is 1930. The highest BCUT2D eigenvalue weighted by atomic mass is 35.5. The van der Waals surface area contributed by atoms with Crippen molar-refractivity contribution < 1.29 is 0 Å². The maximum Gasteiger partial charge on any atom is 0.0719 e. The largest absolute Gasteiger partial charge is 0.399 e. The molecule has 5 aromatic rings. The molecular weight excluding hydrogens is 586 g/mol. The van der Waals surface area contributed by atoms with Crippen LogP contribution in [0.2, 0.25) is 5.02 Å². The molecule has 0 radical (unpaired) electrons. The highest BCUT2D eigenvalue weighted by Crippen LogP contribution is 2.32. The maximum atomic E-state index is 6.19. The van der Waals surface area contributed by atoms with Gasteiger partial charge in [0.05, 0.1) is 17.8 Å². The molecule has 0 aliphatic rings. The van der Waals surface area contributed by atoms with Crippen LogP contribution >= 0.6 is 11.6 Å². The summed E-state index contributed by atoms with van der Waals surface area (Å²) in [6.07, 6.45) is 3.01. The summed E-state index contributed by atoms with van der Waals surface area (Å²) < 4.78 is 0. The van der Waals surface area contributed by atoms with E-state index in [-0.39, 0.29) is 0 Å². The van der Waals surface area contributed by atoms with Gasteiger partial charge >= 0.3 is 0 Å². The number of rotatable bonds is 11. The second-order valence-corrected chi connectivity index (χ2v) is 11.7. The van der Waals surface area contributed by atoms with Crippen LogP contribution in [0, 0.1) is 18.8 Å². The minimum atomic E-state index is 0.525. The van der Waals surface area contributed by atoms with E-state index in [1.165, 1.54) is 5.56 Å². The van der Waals surface area contributed by atoms with Crippen LogP contribution in [-0.2, 0) is 19.5 Å².